The van der Waals surface area contributed by atoms with Gasteiger partial charge in [0.1, 0.15) is 0 Å². The number of H-pyrrole nitrogens is 3. The number of nitrogens with zero attached hydrogens (tertiary/aromatic N) is 6. The van der Waals surface area contributed by atoms with Gasteiger partial charge in [0, 0.05) is 18.6 Å². The fraction of sp³-hybridized carbons (Fsp3) is 0.195. The largest absolute Gasteiger partial charge is 0.395 e. The minimum Gasteiger partial charge on any atom is -0.395 e. The number of rotatable bonds is 12. The van der Waals surface area contributed by atoms with Gasteiger partial charge in [0.25, 0.3) is 0 Å². The second kappa shape index (κ2) is 16.7. The number of imidazole rings is 3. The minimum absolute atomic E-state index is 0.335. The van der Waals surface area contributed by atoms with E-state index in [9.17, 15) is 0 Å². The molecule has 290 valence electrons. The number of hydrazine groups is 3. The topological polar surface area (TPSA) is 252 Å². The number of nitrogens with two attached hydrogens (primary N) is 6. The predicted octanol–water partition coefficient (Wildman–Crippen LogP) is 5.17. The van der Waals surface area contributed by atoms with Gasteiger partial charge < -0.3 is 47.2 Å². The highest BCUT2D eigenvalue weighted by Gasteiger charge is 2.21. The number of hydrogen-bond acceptors (Lipinski definition) is 12. The van der Waals surface area contributed by atoms with Gasteiger partial charge in [0.15, 0.2) is 17.5 Å². The zero-order valence-corrected chi connectivity index (χ0v) is 32.4. The van der Waals surface area contributed by atoms with Crippen LogP contribution in [0.15, 0.2) is 91.4 Å². The number of para-hydroxylation sites is 6. The maximum atomic E-state index is 6.63. The standard InChI is InChI=1S/C39H45N15.C2H6/c1-22-25(16-52(43)19-28(40)37-46-31-10-4-5-11-32(31)47-37)23(2)27(18-54(45)21-30(42)39-50-35-14-8-9-15-36(35)51-39)24(3)26(22)17-53(44)20-29(41)38-48-33-12-6-7-13-34(33)49-38;1-2/h4-15,19-21H,16-18,40-45H2,1-3H3,(H,46,47)(H,48,49)(H,50,51);1-2H3/b28-19-,29-20-,30-21-;. The number of aromatic amines is 3. The minimum atomic E-state index is 0.335. The molecule has 3 heterocycles. The van der Waals surface area contributed by atoms with Gasteiger partial charge in [-0.1, -0.05) is 50.2 Å². The Morgan fingerprint density at radius 3 is 0.982 bits per heavy atom. The number of benzene rings is 4. The Hall–Kier alpha value is -6.81. The van der Waals surface area contributed by atoms with Crippen LogP contribution in [0.2, 0.25) is 0 Å². The maximum absolute atomic E-state index is 6.63. The van der Waals surface area contributed by atoms with E-state index in [-0.39, 0.29) is 0 Å². The molecular weight excluding hydrogens is 703 g/mol. The van der Waals surface area contributed by atoms with Gasteiger partial charge in [-0.2, -0.15) is 0 Å². The molecule has 7 aromatic rings. The van der Waals surface area contributed by atoms with Crippen LogP contribution in [0.4, 0.5) is 0 Å². The van der Waals surface area contributed by atoms with Crippen LogP contribution < -0.4 is 34.7 Å². The normalized spacial score (nSPS) is 12.3. The quantitative estimate of drug-likeness (QED) is 0.0579. The van der Waals surface area contributed by atoms with Gasteiger partial charge in [-0.3, -0.25) is 0 Å². The lowest BCUT2D eigenvalue weighted by atomic mass is 9.87. The van der Waals surface area contributed by atoms with Crippen molar-refractivity contribution in [3.05, 3.63) is 142 Å². The van der Waals surface area contributed by atoms with Crippen molar-refractivity contribution < 1.29 is 0 Å². The Morgan fingerprint density at radius 2 is 0.732 bits per heavy atom. The molecule has 0 aliphatic rings. The molecule has 0 aliphatic carbocycles. The van der Waals surface area contributed by atoms with Crippen LogP contribution in [0.5, 0.6) is 0 Å². The van der Waals surface area contributed by atoms with Gasteiger partial charge in [0.2, 0.25) is 0 Å². The first kappa shape index (κ1) is 38.9. The fourth-order valence-corrected chi connectivity index (χ4v) is 6.77. The van der Waals surface area contributed by atoms with Crippen molar-refractivity contribution in [1.29, 1.82) is 0 Å². The van der Waals surface area contributed by atoms with Crippen molar-refractivity contribution in [2.75, 3.05) is 0 Å². The molecule has 0 aliphatic heterocycles. The SMILES string of the molecule is CC.Cc1c(CN(N)/C=C(\N)c2nc3ccccc3[nH]2)c(C)c(CN(N)/C=C(\N)c2nc3ccccc3[nH]2)c(C)c1CN(N)/C=C(\N)c1nc2ccccc2[nH]1. The summed E-state index contributed by atoms with van der Waals surface area (Å²) in [6.45, 7) is 11.2. The summed E-state index contributed by atoms with van der Waals surface area (Å²) in [6, 6.07) is 23.2. The molecule has 15 N–H and O–H groups in total. The van der Waals surface area contributed by atoms with E-state index in [0.29, 0.717) is 54.2 Å². The molecule has 0 radical (unpaired) electrons. The maximum Gasteiger partial charge on any atom is 0.155 e. The molecule has 0 saturated heterocycles. The molecule has 7 rings (SSSR count). The summed E-state index contributed by atoms with van der Waals surface area (Å²) in [5.41, 5.74) is 31.8. The Labute approximate surface area is 325 Å². The molecule has 0 bridgehead atoms. The highest BCUT2D eigenvalue weighted by atomic mass is 15.4. The van der Waals surface area contributed by atoms with Crippen LogP contribution in [0.3, 0.4) is 0 Å². The van der Waals surface area contributed by atoms with E-state index >= 15 is 0 Å². The van der Waals surface area contributed by atoms with Crippen molar-refractivity contribution in [2.24, 2.45) is 34.7 Å². The Balaban J connectivity index is 0.00000262. The Bertz CT molecular complexity index is 2170. The van der Waals surface area contributed by atoms with Crippen molar-refractivity contribution >= 4 is 50.2 Å². The lowest BCUT2D eigenvalue weighted by Gasteiger charge is -2.28. The summed E-state index contributed by atoms with van der Waals surface area (Å²) in [5.74, 6) is 21.5. The van der Waals surface area contributed by atoms with Crippen molar-refractivity contribution in [3.8, 4) is 0 Å². The summed E-state index contributed by atoms with van der Waals surface area (Å²) < 4.78 is 0. The highest BCUT2D eigenvalue weighted by Crippen LogP contribution is 2.30. The third-order valence-corrected chi connectivity index (χ3v) is 9.64. The smallest absolute Gasteiger partial charge is 0.155 e. The highest BCUT2D eigenvalue weighted by molar-refractivity contribution is 5.79. The van der Waals surface area contributed by atoms with Crippen LogP contribution in [0.25, 0.3) is 50.2 Å². The average Bonchev–Trinajstić information content (AvgIpc) is 3.95. The summed E-state index contributed by atoms with van der Waals surface area (Å²) in [6.07, 6.45) is 5.02. The van der Waals surface area contributed by atoms with Crippen LogP contribution >= 0.6 is 0 Å². The van der Waals surface area contributed by atoms with E-state index in [1.807, 2.05) is 86.6 Å². The van der Waals surface area contributed by atoms with Gasteiger partial charge in [-0.15, -0.1) is 0 Å². The molecule has 3 aromatic heterocycles. The molecule has 0 fully saturated rings. The van der Waals surface area contributed by atoms with Gasteiger partial charge in [-0.05, 0) is 90.6 Å². The molecular formula is C41H51N15. The van der Waals surface area contributed by atoms with Gasteiger partial charge in [-0.25, -0.2) is 32.5 Å². The van der Waals surface area contributed by atoms with Crippen molar-refractivity contribution in [3.63, 3.8) is 0 Å². The Kier molecular flexibility index (Phi) is 11.6. The Morgan fingerprint density at radius 1 is 0.482 bits per heavy atom. The second-order valence-electron chi connectivity index (χ2n) is 13.4. The first-order valence-electron chi connectivity index (χ1n) is 18.4. The number of fused-ring (bicyclic) bond motifs is 3. The molecule has 0 atom stereocenters. The molecule has 0 amide bonds. The zero-order valence-electron chi connectivity index (χ0n) is 32.4. The molecule has 0 saturated carbocycles. The molecule has 0 spiro atoms. The van der Waals surface area contributed by atoms with Crippen LogP contribution in [-0.2, 0) is 19.6 Å². The summed E-state index contributed by atoms with van der Waals surface area (Å²) in [5, 5.41) is 4.67. The first-order chi connectivity index (χ1) is 26.9. The first-order valence-corrected chi connectivity index (χ1v) is 18.4. The third-order valence-electron chi connectivity index (χ3n) is 9.64. The van der Waals surface area contributed by atoms with Crippen molar-refractivity contribution in [2.45, 2.75) is 54.3 Å². The zero-order chi connectivity index (χ0) is 40.1. The van der Waals surface area contributed by atoms with E-state index in [1.165, 1.54) is 0 Å². The molecule has 15 heteroatoms. The van der Waals surface area contributed by atoms with Crippen LogP contribution in [0, 0.1) is 20.8 Å². The lowest BCUT2D eigenvalue weighted by Crippen LogP contribution is -2.31. The molecule has 56 heavy (non-hydrogen) atoms. The number of aromatic nitrogens is 6. The number of hydrogen-bond donors (Lipinski definition) is 9. The third kappa shape index (κ3) is 8.29. The molecule has 0 unspecified atom stereocenters. The summed E-state index contributed by atoms with van der Waals surface area (Å²) in [4.78, 5) is 23.6. The van der Waals surface area contributed by atoms with Crippen molar-refractivity contribution in [1.82, 2.24) is 44.9 Å². The van der Waals surface area contributed by atoms with E-state index in [4.69, 9.17) is 34.7 Å². The lowest BCUT2D eigenvalue weighted by molar-refractivity contribution is 0.370. The summed E-state index contributed by atoms with van der Waals surface area (Å²) >= 11 is 0. The average molecular weight is 754 g/mol. The number of nitrogens with one attached hydrogen (secondary N) is 3. The van der Waals surface area contributed by atoms with E-state index in [1.54, 1.807) is 33.6 Å². The predicted molar refractivity (Wildman–Crippen MR) is 226 cm³/mol. The van der Waals surface area contributed by atoms with Crippen LogP contribution in [-0.4, -0.2) is 44.9 Å². The van der Waals surface area contributed by atoms with Gasteiger partial charge >= 0.3 is 0 Å². The van der Waals surface area contributed by atoms with E-state index in [0.717, 1.165) is 66.5 Å². The van der Waals surface area contributed by atoms with Crippen LogP contribution in [0.1, 0.15) is 64.7 Å². The van der Waals surface area contributed by atoms with Gasteiger partial charge in [0.05, 0.1) is 69.8 Å². The van der Waals surface area contributed by atoms with E-state index in [2.05, 4.69) is 50.7 Å². The molecule has 4 aromatic carbocycles. The monoisotopic (exact) mass is 753 g/mol. The molecule has 15 nitrogen and oxygen atoms in total. The second-order valence-corrected chi connectivity index (χ2v) is 13.4. The van der Waals surface area contributed by atoms with E-state index < -0.39 is 0 Å². The summed E-state index contributed by atoms with van der Waals surface area (Å²) in [7, 11) is 0. The fourth-order valence-electron chi connectivity index (χ4n) is 6.77.